The van der Waals surface area contributed by atoms with Crippen LogP contribution in [-0.2, 0) is 9.53 Å². The molecular weight excluding hydrogens is 351 g/mol. The van der Waals surface area contributed by atoms with E-state index in [0.29, 0.717) is 17.6 Å². The number of hydrogen-bond donors (Lipinski definition) is 4. The Morgan fingerprint density at radius 1 is 1.38 bits per heavy atom. The Bertz CT molecular complexity index is 543. The first-order chi connectivity index (χ1) is 11.2. The molecule has 2 fully saturated rings. The van der Waals surface area contributed by atoms with Gasteiger partial charge in [-0.2, -0.15) is 0 Å². The molecule has 3 rings (SSSR count). The fraction of sp³-hybridized carbons (Fsp3) is 0.562. The molecule has 0 aliphatic carbocycles. The highest BCUT2D eigenvalue weighted by Crippen LogP contribution is 2.21. The monoisotopic (exact) mass is 374 g/mol. The summed E-state index contributed by atoms with van der Waals surface area (Å²) in [5, 5.41) is 7.03. The molecule has 2 aliphatic heterocycles. The molecule has 134 valence electrons. The second kappa shape index (κ2) is 8.99. The molecule has 2 heterocycles. The first-order valence-corrected chi connectivity index (χ1v) is 8.34. The fourth-order valence-corrected chi connectivity index (χ4v) is 3.42. The lowest BCUT2D eigenvalue weighted by molar-refractivity contribution is -0.124. The molecule has 2 saturated heterocycles. The van der Waals surface area contributed by atoms with Crippen molar-refractivity contribution < 1.29 is 9.53 Å². The van der Waals surface area contributed by atoms with Crippen LogP contribution in [0.3, 0.4) is 0 Å². The van der Waals surface area contributed by atoms with Gasteiger partial charge in [0.1, 0.15) is 6.04 Å². The first-order valence-electron chi connectivity index (χ1n) is 7.97. The van der Waals surface area contributed by atoms with Crippen molar-refractivity contribution in [3.05, 3.63) is 34.9 Å². The van der Waals surface area contributed by atoms with E-state index in [1.807, 2.05) is 24.3 Å². The van der Waals surface area contributed by atoms with Crippen LogP contribution in [0.2, 0.25) is 5.02 Å². The Balaban J connectivity index is 0.00000208. The minimum absolute atomic E-state index is 0. The zero-order valence-electron chi connectivity index (χ0n) is 13.5. The number of carbonyl (C=O) groups is 1. The van der Waals surface area contributed by atoms with E-state index in [2.05, 4.69) is 21.5 Å². The number of carbonyl (C=O) groups excluding carboxylic acids is 1. The molecule has 24 heavy (non-hydrogen) atoms. The number of methoxy groups -OCH3 is 1. The van der Waals surface area contributed by atoms with E-state index in [-0.39, 0.29) is 36.4 Å². The summed E-state index contributed by atoms with van der Waals surface area (Å²) >= 11 is 5.91. The van der Waals surface area contributed by atoms with E-state index in [4.69, 9.17) is 16.3 Å². The number of hydrazine groups is 1. The number of amides is 1. The predicted octanol–water partition coefficient (Wildman–Crippen LogP) is 1.02. The number of piperidine rings is 1. The SMILES string of the molecule is COC(CNC(=O)C1NNC2CCNCC21)c1ccc(Cl)cc1.Cl. The van der Waals surface area contributed by atoms with Crippen LogP contribution < -0.4 is 21.5 Å². The summed E-state index contributed by atoms with van der Waals surface area (Å²) in [5.41, 5.74) is 7.35. The van der Waals surface area contributed by atoms with Gasteiger partial charge in [0, 0.05) is 37.2 Å². The molecule has 4 atom stereocenters. The van der Waals surface area contributed by atoms with E-state index in [1.54, 1.807) is 7.11 Å². The summed E-state index contributed by atoms with van der Waals surface area (Å²) in [6.07, 6.45) is 0.846. The minimum atomic E-state index is -0.212. The van der Waals surface area contributed by atoms with Gasteiger partial charge in [0.2, 0.25) is 5.91 Å². The van der Waals surface area contributed by atoms with Crippen molar-refractivity contribution in [3.8, 4) is 0 Å². The van der Waals surface area contributed by atoms with Crippen LogP contribution in [0, 0.1) is 5.92 Å². The smallest absolute Gasteiger partial charge is 0.238 e. The van der Waals surface area contributed by atoms with Gasteiger partial charge < -0.3 is 15.4 Å². The first kappa shape index (κ1) is 19.4. The number of fused-ring (bicyclic) bond motifs is 1. The maximum absolute atomic E-state index is 12.5. The third-order valence-corrected chi connectivity index (χ3v) is 4.90. The van der Waals surface area contributed by atoms with Crippen LogP contribution >= 0.6 is 24.0 Å². The van der Waals surface area contributed by atoms with Gasteiger partial charge in [-0.25, -0.2) is 5.43 Å². The highest BCUT2D eigenvalue weighted by molar-refractivity contribution is 6.30. The third kappa shape index (κ3) is 4.39. The van der Waals surface area contributed by atoms with Gasteiger partial charge in [-0.1, -0.05) is 23.7 Å². The Labute approximate surface area is 153 Å². The maximum atomic E-state index is 12.5. The van der Waals surface area contributed by atoms with Crippen molar-refractivity contribution in [1.82, 2.24) is 21.5 Å². The summed E-state index contributed by atoms with van der Waals surface area (Å²) in [6, 6.07) is 7.63. The molecule has 2 aliphatic rings. The highest BCUT2D eigenvalue weighted by atomic mass is 35.5. The normalized spacial score (nSPS) is 27.0. The topological polar surface area (TPSA) is 74.4 Å². The zero-order valence-corrected chi connectivity index (χ0v) is 15.1. The second-order valence-electron chi connectivity index (χ2n) is 6.05. The summed E-state index contributed by atoms with van der Waals surface area (Å²) < 4.78 is 5.49. The molecule has 0 radical (unpaired) electrons. The van der Waals surface area contributed by atoms with Gasteiger partial charge >= 0.3 is 0 Å². The number of halogens is 2. The lowest BCUT2D eigenvalue weighted by Gasteiger charge is -2.27. The van der Waals surface area contributed by atoms with E-state index >= 15 is 0 Å². The number of hydrogen-bond acceptors (Lipinski definition) is 5. The molecular formula is C16H24Cl2N4O2. The van der Waals surface area contributed by atoms with Crippen LogP contribution in [0.15, 0.2) is 24.3 Å². The molecule has 1 aromatic rings. The van der Waals surface area contributed by atoms with Gasteiger partial charge in [-0.05, 0) is 30.7 Å². The Morgan fingerprint density at radius 3 is 2.83 bits per heavy atom. The molecule has 0 bridgehead atoms. The molecule has 1 amide bonds. The Kier molecular flexibility index (Phi) is 7.28. The van der Waals surface area contributed by atoms with Crippen LogP contribution in [0.4, 0.5) is 0 Å². The van der Waals surface area contributed by atoms with Gasteiger partial charge in [0.15, 0.2) is 0 Å². The van der Waals surface area contributed by atoms with Crippen molar-refractivity contribution >= 4 is 29.9 Å². The lowest BCUT2D eigenvalue weighted by atomic mass is 9.89. The summed E-state index contributed by atoms with van der Waals surface area (Å²) in [7, 11) is 1.64. The quantitative estimate of drug-likeness (QED) is 0.619. The van der Waals surface area contributed by atoms with Gasteiger partial charge in [0.05, 0.1) is 6.10 Å². The predicted molar refractivity (Wildman–Crippen MR) is 96.3 cm³/mol. The van der Waals surface area contributed by atoms with E-state index in [0.717, 1.165) is 25.1 Å². The Morgan fingerprint density at radius 2 is 2.12 bits per heavy atom. The second-order valence-corrected chi connectivity index (χ2v) is 6.49. The molecule has 1 aromatic carbocycles. The van der Waals surface area contributed by atoms with E-state index < -0.39 is 0 Å². The Hall–Kier alpha value is -0.890. The highest BCUT2D eigenvalue weighted by Gasteiger charge is 2.41. The molecule has 8 heteroatoms. The number of benzene rings is 1. The standard InChI is InChI=1S/C16H23ClN4O2.ClH/c1-23-14(10-2-4-11(17)5-3-10)9-19-16(22)15-12-8-18-7-6-13(12)20-21-15;/h2-5,12-15,18,20-21H,6-9H2,1H3,(H,19,22);1H. The van der Waals surface area contributed by atoms with Gasteiger partial charge in [-0.3, -0.25) is 10.2 Å². The third-order valence-electron chi connectivity index (χ3n) is 4.65. The largest absolute Gasteiger partial charge is 0.375 e. The fourth-order valence-electron chi connectivity index (χ4n) is 3.29. The summed E-state index contributed by atoms with van der Waals surface area (Å²) in [5.74, 6) is 0.282. The van der Waals surface area contributed by atoms with Crippen molar-refractivity contribution in [2.24, 2.45) is 5.92 Å². The van der Waals surface area contributed by atoms with Crippen LogP contribution in [0.1, 0.15) is 18.1 Å². The summed E-state index contributed by atoms with van der Waals surface area (Å²) in [4.78, 5) is 12.5. The molecule has 4 unspecified atom stereocenters. The van der Waals surface area contributed by atoms with Crippen molar-refractivity contribution in [2.75, 3.05) is 26.7 Å². The molecule has 0 spiro atoms. The number of rotatable bonds is 5. The minimum Gasteiger partial charge on any atom is -0.375 e. The number of ether oxygens (including phenoxy) is 1. The average Bonchev–Trinajstić information content (AvgIpc) is 3.01. The molecule has 0 aromatic heterocycles. The van der Waals surface area contributed by atoms with Crippen LogP contribution in [0.5, 0.6) is 0 Å². The summed E-state index contributed by atoms with van der Waals surface area (Å²) in [6.45, 7) is 2.28. The van der Waals surface area contributed by atoms with Crippen molar-refractivity contribution in [3.63, 3.8) is 0 Å². The molecule has 6 nitrogen and oxygen atoms in total. The maximum Gasteiger partial charge on any atom is 0.238 e. The van der Waals surface area contributed by atoms with E-state index in [9.17, 15) is 4.79 Å². The van der Waals surface area contributed by atoms with Crippen molar-refractivity contribution in [1.29, 1.82) is 0 Å². The number of nitrogens with one attached hydrogen (secondary N) is 4. The van der Waals surface area contributed by atoms with Crippen LogP contribution in [0.25, 0.3) is 0 Å². The zero-order chi connectivity index (χ0) is 16.2. The molecule has 4 N–H and O–H groups in total. The average molecular weight is 375 g/mol. The molecule has 0 saturated carbocycles. The van der Waals surface area contributed by atoms with Gasteiger partial charge in [-0.15, -0.1) is 12.4 Å². The van der Waals surface area contributed by atoms with Crippen LogP contribution in [-0.4, -0.2) is 44.7 Å². The van der Waals surface area contributed by atoms with E-state index in [1.165, 1.54) is 0 Å². The van der Waals surface area contributed by atoms with Crippen molar-refractivity contribution in [2.45, 2.75) is 24.6 Å². The lowest BCUT2D eigenvalue weighted by Crippen LogP contribution is -2.49. The van der Waals surface area contributed by atoms with Gasteiger partial charge in [0.25, 0.3) is 0 Å².